The van der Waals surface area contributed by atoms with Gasteiger partial charge >= 0.3 is 0 Å². The maximum Gasteiger partial charge on any atom is 0.0345 e. The molecule has 2 heterocycles. The molecule has 2 fully saturated rings. The number of nitrogens with one attached hydrogen (secondary N) is 1. The number of hydrogen-bond acceptors (Lipinski definition) is 3. The van der Waals surface area contributed by atoms with E-state index in [0.717, 1.165) is 12.6 Å². The quantitative estimate of drug-likeness (QED) is 0.649. The molecule has 2 rings (SSSR count). The van der Waals surface area contributed by atoms with Gasteiger partial charge in [0.05, 0.1) is 0 Å². The van der Waals surface area contributed by atoms with E-state index < -0.39 is 0 Å². The van der Waals surface area contributed by atoms with E-state index in [1.54, 1.807) is 0 Å². The third-order valence-corrected chi connectivity index (χ3v) is 3.31. The van der Waals surface area contributed by atoms with Crippen LogP contribution in [0.2, 0.25) is 0 Å². The molecule has 0 amide bonds. The number of likely N-dealkylation sites (N-methyl/N-ethyl adjacent to an activating group) is 1. The molecule has 0 aromatic heterocycles. The summed E-state index contributed by atoms with van der Waals surface area (Å²) in [5.41, 5.74) is 0. The molecular weight excluding hydrogens is 162 g/mol. The molecule has 13 heavy (non-hydrogen) atoms. The molecule has 3 heteroatoms. The van der Waals surface area contributed by atoms with Gasteiger partial charge in [0.1, 0.15) is 0 Å². The van der Waals surface area contributed by atoms with Crippen molar-refractivity contribution in [1.82, 2.24) is 15.1 Å². The minimum absolute atomic E-state index is 0.742. The summed E-state index contributed by atoms with van der Waals surface area (Å²) < 4.78 is 0. The van der Waals surface area contributed by atoms with E-state index >= 15 is 0 Å². The lowest BCUT2D eigenvalue weighted by Crippen LogP contribution is -2.53. The minimum Gasteiger partial charge on any atom is -0.314 e. The molecule has 0 aliphatic carbocycles. The molecule has 3 nitrogen and oxygen atoms in total. The van der Waals surface area contributed by atoms with Crippen molar-refractivity contribution >= 4 is 0 Å². The van der Waals surface area contributed by atoms with Crippen LogP contribution in [0.15, 0.2) is 0 Å². The van der Waals surface area contributed by atoms with Crippen molar-refractivity contribution in [2.75, 3.05) is 46.3 Å². The van der Waals surface area contributed by atoms with Crippen molar-refractivity contribution in [2.45, 2.75) is 18.9 Å². The van der Waals surface area contributed by atoms with Gasteiger partial charge in [-0.05, 0) is 33.0 Å². The highest BCUT2D eigenvalue weighted by molar-refractivity contribution is 4.81. The van der Waals surface area contributed by atoms with Gasteiger partial charge in [0.25, 0.3) is 0 Å². The predicted molar refractivity (Wildman–Crippen MR) is 55.0 cm³/mol. The SMILES string of the molecule is CN1CCNCC1CN1CCCC1. The summed E-state index contributed by atoms with van der Waals surface area (Å²) in [6, 6.07) is 0.742. The Morgan fingerprint density at radius 1 is 1.23 bits per heavy atom. The van der Waals surface area contributed by atoms with Crippen LogP contribution in [0.5, 0.6) is 0 Å². The highest BCUT2D eigenvalue weighted by atomic mass is 15.2. The van der Waals surface area contributed by atoms with Gasteiger partial charge in [-0.15, -0.1) is 0 Å². The van der Waals surface area contributed by atoms with E-state index in [2.05, 4.69) is 22.2 Å². The molecule has 1 atom stereocenters. The molecule has 2 aliphatic rings. The first-order chi connectivity index (χ1) is 6.36. The second-order valence-electron chi connectivity index (χ2n) is 4.35. The van der Waals surface area contributed by atoms with Crippen molar-refractivity contribution < 1.29 is 0 Å². The molecule has 0 aromatic carbocycles. The van der Waals surface area contributed by atoms with Crippen LogP contribution in [0.25, 0.3) is 0 Å². The standard InChI is InChI=1S/C10H21N3/c1-12-7-4-11-8-10(12)9-13-5-2-3-6-13/h10-11H,2-9H2,1H3. The average Bonchev–Trinajstić information content (AvgIpc) is 2.61. The monoisotopic (exact) mass is 183 g/mol. The molecular formula is C10H21N3. The second-order valence-corrected chi connectivity index (χ2v) is 4.35. The summed E-state index contributed by atoms with van der Waals surface area (Å²) in [5.74, 6) is 0. The zero-order chi connectivity index (χ0) is 9.10. The van der Waals surface area contributed by atoms with Gasteiger partial charge < -0.3 is 10.2 Å². The molecule has 0 radical (unpaired) electrons. The Labute approximate surface area is 81.1 Å². The summed E-state index contributed by atoms with van der Waals surface area (Å²) in [4.78, 5) is 5.10. The van der Waals surface area contributed by atoms with Gasteiger partial charge in [0.15, 0.2) is 0 Å². The lowest BCUT2D eigenvalue weighted by atomic mass is 10.2. The summed E-state index contributed by atoms with van der Waals surface area (Å²) >= 11 is 0. The molecule has 0 aromatic rings. The Morgan fingerprint density at radius 3 is 2.69 bits per heavy atom. The maximum atomic E-state index is 3.47. The van der Waals surface area contributed by atoms with Crippen LogP contribution in [0, 0.1) is 0 Å². The fraction of sp³-hybridized carbons (Fsp3) is 1.00. The van der Waals surface area contributed by atoms with Crippen LogP contribution in [-0.2, 0) is 0 Å². The number of nitrogens with zero attached hydrogens (tertiary/aromatic N) is 2. The molecule has 0 saturated carbocycles. The first-order valence-corrected chi connectivity index (χ1v) is 5.49. The predicted octanol–water partition coefficient (Wildman–Crippen LogP) is -0.0142. The van der Waals surface area contributed by atoms with Crippen LogP contribution in [0.4, 0.5) is 0 Å². The largest absolute Gasteiger partial charge is 0.314 e. The maximum absolute atomic E-state index is 3.47. The van der Waals surface area contributed by atoms with Crippen molar-refractivity contribution in [3.8, 4) is 0 Å². The molecule has 0 bridgehead atoms. The van der Waals surface area contributed by atoms with Gasteiger partial charge in [-0.3, -0.25) is 4.90 Å². The van der Waals surface area contributed by atoms with Crippen LogP contribution >= 0.6 is 0 Å². The third-order valence-electron chi connectivity index (χ3n) is 3.31. The molecule has 1 unspecified atom stereocenters. The second kappa shape index (κ2) is 4.40. The number of likely N-dealkylation sites (tertiary alicyclic amines) is 1. The molecule has 2 aliphatic heterocycles. The number of rotatable bonds is 2. The minimum atomic E-state index is 0.742. The van der Waals surface area contributed by atoms with Gasteiger partial charge in [0, 0.05) is 32.2 Å². The van der Waals surface area contributed by atoms with Crippen molar-refractivity contribution in [3.63, 3.8) is 0 Å². The van der Waals surface area contributed by atoms with Crippen LogP contribution in [0.3, 0.4) is 0 Å². The van der Waals surface area contributed by atoms with Crippen molar-refractivity contribution in [3.05, 3.63) is 0 Å². The lowest BCUT2D eigenvalue weighted by Gasteiger charge is -2.35. The Kier molecular flexibility index (Phi) is 3.19. The van der Waals surface area contributed by atoms with E-state index in [-0.39, 0.29) is 0 Å². The summed E-state index contributed by atoms with van der Waals surface area (Å²) in [6.45, 7) is 7.46. The van der Waals surface area contributed by atoms with Gasteiger partial charge in [-0.1, -0.05) is 0 Å². The van der Waals surface area contributed by atoms with E-state index in [1.165, 1.54) is 45.6 Å². The van der Waals surface area contributed by atoms with Crippen molar-refractivity contribution in [2.24, 2.45) is 0 Å². The lowest BCUT2D eigenvalue weighted by molar-refractivity contribution is 0.152. The Hall–Kier alpha value is -0.120. The third kappa shape index (κ3) is 2.42. The smallest absolute Gasteiger partial charge is 0.0345 e. The van der Waals surface area contributed by atoms with Crippen LogP contribution in [0.1, 0.15) is 12.8 Å². The fourth-order valence-electron chi connectivity index (χ4n) is 2.33. The van der Waals surface area contributed by atoms with Gasteiger partial charge in [-0.2, -0.15) is 0 Å². The first kappa shape index (κ1) is 9.44. The summed E-state index contributed by atoms with van der Waals surface area (Å²) in [6.07, 6.45) is 2.81. The Morgan fingerprint density at radius 2 is 2.00 bits per heavy atom. The van der Waals surface area contributed by atoms with E-state index in [4.69, 9.17) is 0 Å². The number of hydrogen-bond donors (Lipinski definition) is 1. The van der Waals surface area contributed by atoms with Crippen LogP contribution in [-0.4, -0.2) is 62.2 Å². The summed E-state index contributed by atoms with van der Waals surface area (Å²) in [5, 5.41) is 3.47. The average molecular weight is 183 g/mol. The molecule has 2 saturated heterocycles. The summed E-state index contributed by atoms with van der Waals surface area (Å²) in [7, 11) is 2.25. The Bertz CT molecular complexity index is 154. The van der Waals surface area contributed by atoms with Crippen molar-refractivity contribution in [1.29, 1.82) is 0 Å². The number of piperazine rings is 1. The fourth-order valence-corrected chi connectivity index (χ4v) is 2.33. The zero-order valence-corrected chi connectivity index (χ0v) is 8.63. The highest BCUT2D eigenvalue weighted by Gasteiger charge is 2.22. The topological polar surface area (TPSA) is 18.5 Å². The van der Waals surface area contributed by atoms with E-state index in [0.29, 0.717) is 0 Å². The van der Waals surface area contributed by atoms with E-state index in [1.807, 2.05) is 0 Å². The normalized spacial score (nSPS) is 32.5. The Balaban J connectivity index is 1.78. The van der Waals surface area contributed by atoms with Gasteiger partial charge in [0.2, 0.25) is 0 Å². The van der Waals surface area contributed by atoms with Crippen LogP contribution < -0.4 is 5.32 Å². The zero-order valence-electron chi connectivity index (χ0n) is 8.63. The van der Waals surface area contributed by atoms with Gasteiger partial charge in [-0.25, -0.2) is 0 Å². The highest BCUT2D eigenvalue weighted by Crippen LogP contribution is 2.10. The first-order valence-electron chi connectivity index (χ1n) is 5.49. The molecule has 76 valence electrons. The molecule has 0 spiro atoms. The van der Waals surface area contributed by atoms with E-state index in [9.17, 15) is 0 Å². The molecule has 1 N–H and O–H groups in total.